The molecule has 12 heteroatoms. The summed E-state index contributed by atoms with van der Waals surface area (Å²) in [6, 6.07) is 34.8. The Bertz CT molecular complexity index is 1710. The van der Waals surface area contributed by atoms with Gasteiger partial charge in [-0.1, -0.05) is 72.1 Å². The van der Waals surface area contributed by atoms with E-state index < -0.39 is 19.1 Å². The second-order valence-electron chi connectivity index (χ2n) is 11.0. The van der Waals surface area contributed by atoms with Crippen LogP contribution in [0.1, 0.15) is 11.4 Å². The van der Waals surface area contributed by atoms with Crippen molar-refractivity contribution < 1.29 is 33.0 Å². The summed E-state index contributed by atoms with van der Waals surface area (Å²) < 4.78 is 36.6. The van der Waals surface area contributed by atoms with Crippen molar-refractivity contribution in [3.05, 3.63) is 140 Å². The van der Waals surface area contributed by atoms with Crippen molar-refractivity contribution >= 4 is 25.8 Å². The van der Waals surface area contributed by atoms with Crippen molar-refractivity contribution in [2.45, 2.75) is 13.1 Å². The quantitative estimate of drug-likeness (QED) is 0.131. The predicted molar refractivity (Wildman–Crippen MR) is 193 cm³/mol. The molecule has 4 aromatic heterocycles. The van der Waals surface area contributed by atoms with Crippen LogP contribution in [0.15, 0.2) is 122 Å². The normalized spacial score (nSPS) is 10.7. The van der Waals surface area contributed by atoms with Gasteiger partial charge in [-0.25, -0.2) is 0 Å². The fourth-order valence-corrected chi connectivity index (χ4v) is 5.93. The molecular weight excluding hydrogens is 826 g/mol. The van der Waals surface area contributed by atoms with Gasteiger partial charge in [-0.15, -0.1) is 0 Å². The summed E-state index contributed by atoms with van der Waals surface area (Å²) in [5.74, 6) is 0. The first-order valence-electron chi connectivity index (χ1n) is 14.8. The third-order valence-corrected chi connectivity index (χ3v) is 11.0. The van der Waals surface area contributed by atoms with Gasteiger partial charge < -0.3 is 27.3 Å². The van der Waals surface area contributed by atoms with Crippen molar-refractivity contribution in [3.8, 4) is 22.8 Å². The van der Waals surface area contributed by atoms with Crippen LogP contribution in [0.3, 0.4) is 0 Å². The van der Waals surface area contributed by atoms with Gasteiger partial charge in [0.15, 0.2) is 0 Å². The molecule has 0 aliphatic heterocycles. The largest absolute Gasteiger partial charge is 0.574 e. The summed E-state index contributed by atoms with van der Waals surface area (Å²) >= 11 is 0. The maximum atomic E-state index is 12.2. The maximum absolute atomic E-state index is 12.2. The summed E-state index contributed by atoms with van der Waals surface area (Å²) in [5, 5.41) is 17.3. The number of nitrogens with zero attached hydrogens (tertiary/aromatic N) is 6. The molecule has 6 nitrogen and oxygen atoms in total. The first-order chi connectivity index (χ1) is 22.4. The van der Waals surface area contributed by atoms with Crippen LogP contribution < -0.4 is 20.8 Å². The number of aromatic nitrogens is 6. The minimum Gasteiger partial charge on any atom is -0.574 e. The number of rotatable bonds is 5. The smallest absolute Gasteiger partial charge is 0.431 e. The second-order valence-corrected chi connectivity index (χ2v) is 17.9. The zero-order chi connectivity index (χ0) is 34.3. The molecule has 48 heavy (non-hydrogen) atoms. The molecular formula is C36H40F3N6OsP2-. The van der Waals surface area contributed by atoms with E-state index in [0.717, 1.165) is 29.3 Å². The first kappa shape index (κ1) is 40.6. The number of alkyl halides is 3. The molecule has 0 aliphatic carbocycles. The Kier molecular flexibility index (Phi) is 17.0. The average Bonchev–Trinajstić information content (AvgIpc) is 3.78. The van der Waals surface area contributed by atoms with Gasteiger partial charge in [-0.05, 0) is 61.5 Å². The zero-order valence-electron chi connectivity index (χ0n) is 27.6. The minimum absolute atomic E-state index is 0. The van der Waals surface area contributed by atoms with Crippen LogP contribution in [-0.2, 0) is 26.0 Å². The van der Waals surface area contributed by atoms with E-state index in [0.29, 0.717) is 5.69 Å². The molecule has 0 amide bonds. The Morgan fingerprint density at radius 1 is 0.708 bits per heavy atom. The summed E-state index contributed by atoms with van der Waals surface area (Å²) in [6.45, 7) is 15.2. The Labute approximate surface area is 296 Å². The number of hydrogen-bond acceptors (Lipinski definition) is 4. The van der Waals surface area contributed by atoms with Crippen LogP contribution in [0.5, 0.6) is 0 Å². The van der Waals surface area contributed by atoms with Gasteiger partial charge in [0.1, 0.15) is 5.69 Å². The minimum atomic E-state index is -4.46. The van der Waals surface area contributed by atoms with Crippen LogP contribution >= 0.6 is 15.2 Å². The topological polar surface area (TPSA) is 79.8 Å². The summed E-state index contributed by atoms with van der Waals surface area (Å²) in [5.41, 5.74) is 2.15. The number of pyridine rings is 2. The molecule has 0 N–H and O–H groups in total. The van der Waals surface area contributed by atoms with Gasteiger partial charge in [-0.3, -0.25) is 9.97 Å². The summed E-state index contributed by atoms with van der Waals surface area (Å²) in [7, 11) is -1.10. The van der Waals surface area contributed by atoms with E-state index in [1.165, 1.54) is 16.8 Å². The molecule has 6 rings (SSSR count). The van der Waals surface area contributed by atoms with Gasteiger partial charge in [-0.2, -0.15) is 13.2 Å². The van der Waals surface area contributed by atoms with Gasteiger partial charge in [0.25, 0.3) is 0 Å². The molecule has 0 saturated carbocycles. The van der Waals surface area contributed by atoms with Crippen LogP contribution in [0.4, 0.5) is 13.2 Å². The number of benzene rings is 2. The molecule has 0 fully saturated rings. The number of halogens is 3. The molecule has 0 saturated heterocycles. The van der Waals surface area contributed by atoms with Crippen molar-refractivity contribution in [2.75, 3.05) is 32.8 Å². The summed E-state index contributed by atoms with van der Waals surface area (Å²) in [6.07, 6.45) is -0.173. The van der Waals surface area contributed by atoms with Gasteiger partial charge in [0.05, 0.1) is 37.3 Å². The van der Waals surface area contributed by atoms with E-state index in [9.17, 15) is 13.2 Å². The second kappa shape index (κ2) is 20.1. The molecule has 0 unspecified atom stereocenters. The number of hydrogen-bond donors (Lipinski definition) is 0. The van der Waals surface area contributed by atoms with Crippen molar-refractivity contribution in [2.24, 2.45) is 0 Å². The first-order valence-corrected chi connectivity index (χ1v) is 20.2. The SMILES string of the molecule is C[PH+](C)c1ccccc1.Cc1cc(-c2ccccn2)[n-]n1.FC(F)(F)c1cc(-c2ccccn2)[n-]n1.[CH2-]C[P+](C)(C)c1ccccc1.[Os]. The monoisotopic (exact) mass is 867 g/mol. The van der Waals surface area contributed by atoms with Gasteiger partial charge >= 0.3 is 6.18 Å². The third-order valence-electron chi connectivity index (χ3n) is 6.71. The van der Waals surface area contributed by atoms with E-state index in [2.05, 4.69) is 125 Å². The van der Waals surface area contributed by atoms with Crippen LogP contribution in [-0.4, -0.2) is 53.0 Å². The fraction of sp³-hybridized carbons (Fsp3) is 0.194. The van der Waals surface area contributed by atoms with Crippen LogP contribution in [0.25, 0.3) is 22.8 Å². The van der Waals surface area contributed by atoms with Gasteiger partial charge in [0.2, 0.25) is 0 Å². The van der Waals surface area contributed by atoms with Crippen molar-refractivity contribution in [3.63, 3.8) is 0 Å². The van der Waals surface area contributed by atoms with Crippen molar-refractivity contribution in [1.82, 2.24) is 30.4 Å². The Hall–Kier alpha value is -3.55. The molecule has 0 radical (unpaired) electrons. The molecule has 254 valence electrons. The maximum Gasteiger partial charge on any atom is 0.431 e. The predicted octanol–water partition coefficient (Wildman–Crippen LogP) is 7.74. The zero-order valence-corrected chi connectivity index (χ0v) is 32.0. The van der Waals surface area contributed by atoms with E-state index in [4.69, 9.17) is 0 Å². The molecule has 0 bridgehead atoms. The average molecular weight is 866 g/mol. The molecule has 0 spiro atoms. The van der Waals surface area contributed by atoms with E-state index >= 15 is 0 Å². The molecule has 0 aliphatic rings. The summed E-state index contributed by atoms with van der Waals surface area (Å²) in [4.78, 5) is 8.03. The Morgan fingerprint density at radius 2 is 1.19 bits per heavy atom. The molecule has 4 heterocycles. The van der Waals surface area contributed by atoms with E-state index in [-0.39, 0.29) is 33.4 Å². The molecule has 0 atom stereocenters. The fourth-order valence-electron chi connectivity index (χ4n) is 3.83. The van der Waals surface area contributed by atoms with Crippen molar-refractivity contribution in [1.29, 1.82) is 0 Å². The standard InChI is InChI=1S/C10H15P.C9H5F3N3.C9H8N3.C8H11P.Os/c1-4-11(2,3)10-8-6-5-7-9-10;10-9(11,12)8-5-7(14-15-8)6-3-1-2-4-13-6;1-7-6-9(12-11-7)8-4-2-3-5-10-8;1-9(2)8-6-4-3-5-7-8;/h5-9H,1,4H2,2-3H3;1-5H;2-6H,1H3;3-7H,1-2H3;/q;2*-1;;/p+1. The third kappa shape index (κ3) is 13.5. The van der Waals surface area contributed by atoms with Crippen LogP contribution in [0.2, 0.25) is 0 Å². The van der Waals surface area contributed by atoms with Crippen LogP contribution in [0, 0.1) is 13.8 Å². The van der Waals surface area contributed by atoms with Gasteiger partial charge in [0, 0.05) is 64.4 Å². The number of aryl methyl sites for hydroxylation is 1. The Morgan fingerprint density at radius 3 is 1.56 bits per heavy atom. The molecule has 6 aromatic rings. The Balaban J connectivity index is 0.000000224. The molecule has 2 aromatic carbocycles. The van der Waals surface area contributed by atoms with E-state index in [1.807, 2.05) is 31.2 Å². The van der Waals surface area contributed by atoms with E-state index in [1.54, 1.807) is 24.4 Å².